The van der Waals surface area contributed by atoms with E-state index in [9.17, 15) is 22.6 Å². The predicted molar refractivity (Wildman–Crippen MR) is 143 cm³/mol. The van der Waals surface area contributed by atoms with E-state index in [-0.39, 0.29) is 18.4 Å². The van der Waals surface area contributed by atoms with Crippen molar-refractivity contribution in [1.29, 1.82) is 5.26 Å². The highest BCUT2D eigenvalue weighted by molar-refractivity contribution is 8.00. The van der Waals surface area contributed by atoms with Gasteiger partial charge in [-0.25, -0.2) is 27.3 Å². The highest BCUT2D eigenvalue weighted by Crippen LogP contribution is 2.40. The topological polar surface area (TPSA) is 92.7 Å². The Hall–Kier alpha value is -2.78. The molecule has 0 amide bonds. The lowest BCUT2D eigenvalue weighted by Gasteiger charge is -2.28. The Morgan fingerprint density at radius 3 is 2.46 bits per heavy atom. The van der Waals surface area contributed by atoms with E-state index in [1.807, 2.05) is 18.4 Å². The number of halogens is 3. The van der Waals surface area contributed by atoms with Gasteiger partial charge in [-0.1, -0.05) is 17.8 Å². The monoisotopic (exact) mass is 560 g/mol. The molecule has 0 aliphatic heterocycles. The van der Waals surface area contributed by atoms with Gasteiger partial charge in [0.05, 0.1) is 31.7 Å². The summed E-state index contributed by atoms with van der Waals surface area (Å²) in [6.45, 7) is 3.50. The van der Waals surface area contributed by atoms with Gasteiger partial charge in [0, 0.05) is 17.5 Å². The molecule has 2 N–H and O–H groups in total. The minimum Gasteiger partial charge on any atom is -0.251 e. The molecular formula is C26H23F3N4OS3. The van der Waals surface area contributed by atoms with Gasteiger partial charge in [0.25, 0.3) is 0 Å². The molecule has 11 heteroatoms. The van der Waals surface area contributed by atoms with E-state index in [0.29, 0.717) is 28.0 Å². The third-order valence-electron chi connectivity index (χ3n) is 6.04. The van der Waals surface area contributed by atoms with Gasteiger partial charge in [0.2, 0.25) is 0 Å². The molecule has 0 saturated carbocycles. The Morgan fingerprint density at radius 2 is 1.84 bits per heavy atom. The van der Waals surface area contributed by atoms with Gasteiger partial charge < -0.3 is 0 Å². The number of thioether (sulfide) groups is 1. The van der Waals surface area contributed by atoms with E-state index in [4.69, 9.17) is 10.1 Å². The van der Waals surface area contributed by atoms with Crippen LogP contribution in [0.4, 0.5) is 13.2 Å². The summed E-state index contributed by atoms with van der Waals surface area (Å²) in [5.74, 6) is -2.55. The smallest absolute Gasteiger partial charge is 0.171 e. The summed E-state index contributed by atoms with van der Waals surface area (Å²) >= 11 is 2.92. The zero-order chi connectivity index (χ0) is 26.9. The van der Waals surface area contributed by atoms with Crippen LogP contribution in [-0.2, 0) is 17.4 Å². The number of nitriles is 1. The first-order valence-corrected chi connectivity index (χ1v) is 14.4. The second-order valence-electron chi connectivity index (χ2n) is 9.17. The summed E-state index contributed by atoms with van der Waals surface area (Å²) in [4.78, 5) is 9.44. The standard InChI is InChI=1S/C26H23F3N4OS3/c1-26(2,37(31)34)12-16(6-14-7-18(27)10-19(28)8-14)23-20(15-4-5-21(29)17(9-15)13-30)11-22-24(32-23)33-25(35-3)36-22/h4-5,7-11,16H,6,12,31H2,1-3H3/t16-,37?/m0/s1. The molecule has 0 saturated heterocycles. The fourth-order valence-electron chi connectivity index (χ4n) is 4.22. The maximum atomic E-state index is 14.2. The van der Waals surface area contributed by atoms with Crippen LogP contribution in [0, 0.1) is 28.8 Å². The summed E-state index contributed by atoms with van der Waals surface area (Å²) in [5, 5.41) is 15.2. The molecule has 0 bridgehead atoms. The second kappa shape index (κ2) is 10.9. The molecule has 2 heterocycles. The van der Waals surface area contributed by atoms with Crippen LogP contribution in [0.15, 0.2) is 46.8 Å². The Balaban J connectivity index is 1.96. The van der Waals surface area contributed by atoms with E-state index in [0.717, 1.165) is 15.1 Å². The van der Waals surface area contributed by atoms with Crippen molar-refractivity contribution in [2.24, 2.45) is 5.14 Å². The number of thiazole rings is 1. The Kier molecular flexibility index (Phi) is 8.04. The molecule has 37 heavy (non-hydrogen) atoms. The van der Waals surface area contributed by atoms with Crippen LogP contribution in [0.2, 0.25) is 0 Å². The average molecular weight is 561 g/mol. The molecule has 5 nitrogen and oxygen atoms in total. The summed E-state index contributed by atoms with van der Waals surface area (Å²) in [7, 11) is -1.71. The van der Waals surface area contributed by atoms with Gasteiger partial charge in [-0.15, -0.1) is 11.3 Å². The van der Waals surface area contributed by atoms with Gasteiger partial charge >= 0.3 is 0 Å². The highest BCUT2D eigenvalue weighted by atomic mass is 32.2. The second-order valence-corrected chi connectivity index (χ2v) is 13.0. The minimum atomic E-state index is -1.71. The lowest BCUT2D eigenvalue weighted by Crippen LogP contribution is -2.34. The number of hydrogen-bond donors (Lipinski definition) is 1. The van der Waals surface area contributed by atoms with Crippen LogP contribution in [0.1, 0.15) is 43.0 Å². The van der Waals surface area contributed by atoms with Crippen molar-refractivity contribution in [2.45, 2.75) is 41.7 Å². The van der Waals surface area contributed by atoms with E-state index in [1.54, 1.807) is 19.9 Å². The summed E-state index contributed by atoms with van der Waals surface area (Å²) in [5.41, 5.74) is 2.49. The van der Waals surface area contributed by atoms with E-state index in [2.05, 4.69) is 4.98 Å². The van der Waals surface area contributed by atoms with Crippen molar-refractivity contribution in [3.63, 3.8) is 0 Å². The first kappa shape index (κ1) is 27.3. The van der Waals surface area contributed by atoms with Gasteiger partial charge in [0.1, 0.15) is 23.5 Å². The van der Waals surface area contributed by atoms with Gasteiger partial charge in [0.15, 0.2) is 9.99 Å². The lowest BCUT2D eigenvalue weighted by atomic mass is 9.84. The molecule has 0 radical (unpaired) electrons. The van der Waals surface area contributed by atoms with Gasteiger partial charge in [-0.2, -0.15) is 5.26 Å². The van der Waals surface area contributed by atoms with Gasteiger partial charge in [-0.05, 0) is 74.4 Å². The molecule has 0 aliphatic carbocycles. The molecule has 4 rings (SSSR count). The molecule has 2 atom stereocenters. The highest BCUT2D eigenvalue weighted by Gasteiger charge is 2.32. The van der Waals surface area contributed by atoms with E-state index < -0.39 is 39.1 Å². The fraction of sp³-hybridized carbons (Fsp3) is 0.269. The van der Waals surface area contributed by atoms with Gasteiger partial charge in [-0.3, -0.25) is 5.14 Å². The summed E-state index contributed by atoms with van der Waals surface area (Å²) in [6, 6.07) is 11.3. The number of pyridine rings is 1. The zero-order valence-corrected chi connectivity index (χ0v) is 22.7. The van der Waals surface area contributed by atoms with Crippen molar-refractivity contribution in [3.05, 3.63) is 76.7 Å². The minimum absolute atomic E-state index is 0.121. The normalized spacial score (nSPS) is 13.5. The SMILES string of the molecule is CSc1nc2nc([C@@H](Cc3cc(F)cc(F)c3)CC(C)(C)S(N)=O)c(-c3ccc(F)c(C#N)c3)cc2s1. The molecule has 192 valence electrons. The maximum Gasteiger partial charge on any atom is 0.171 e. The molecule has 0 spiro atoms. The van der Waals surface area contributed by atoms with Crippen molar-refractivity contribution >= 4 is 44.4 Å². The number of nitrogens with two attached hydrogens (primary N) is 1. The number of nitrogens with zero attached hydrogens (tertiary/aromatic N) is 3. The molecule has 2 aromatic carbocycles. The molecule has 2 aromatic heterocycles. The van der Waals surface area contributed by atoms with E-state index in [1.165, 1.54) is 47.4 Å². The van der Waals surface area contributed by atoms with E-state index >= 15 is 0 Å². The third-order valence-corrected chi connectivity index (χ3v) is 9.27. The maximum absolute atomic E-state index is 14.2. The van der Waals surface area contributed by atoms with Crippen LogP contribution < -0.4 is 5.14 Å². The Morgan fingerprint density at radius 1 is 1.14 bits per heavy atom. The first-order valence-electron chi connectivity index (χ1n) is 11.2. The van der Waals surface area contributed by atoms with Crippen LogP contribution >= 0.6 is 23.1 Å². The number of benzene rings is 2. The summed E-state index contributed by atoms with van der Waals surface area (Å²) in [6.07, 6.45) is 2.34. The molecule has 0 aliphatic rings. The fourth-order valence-corrected chi connectivity index (χ4v) is 6.05. The zero-order valence-electron chi connectivity index (χ0n) is 20.2. The van der Waals surface area contributed by atoms with Crippen LogP contribution in [0.25, 0.3) is 21.5 Å². The van der Waals surface area contributed by atoms with Crippen LogP contribution in [0.3, 0.4) is 0 Å². The number of aromatic nitrogens is 2. The van der Waals surface area contributed by atoms with Crippen molar-refractivity contribution < 1.29 is 17.4 Å². The number of rotatable bonds is 8. The quantitative estimate of drug-likeness (QED) is 0.249. The molecule has 1 unspecified atom stereocenters. The van der Waals surface area contributed by atoms with Crippen molar-refractivity contribution in [2.75, 3.05) is 6.26 Å². The van der Waals surface area contributed by atoms with Crippen molar-refractivity contribution in [1.82, 2.24) is 9.97 Å². The summed E-state index contributed by atoms with van der Waals surface area (Å²) < 4.78 is 55.4. The molecule has 0 fully saturated rings. The first-order chi connectivity index (χ1) is 17.5. The predicted octanol–water partition coefficient (Wildman–Crippen LogP) is 6.49. The Bertz CT molecular complexity index is 1530. The van der Waals surface area contributed by atoms with Crippen LogP contribution in [0.5, 0.6) is 0 Å². The number of fused-ring (bicyclic) bond motifs is 1. The van der Waals surface area contributed by atoms with Crippen LogP contribution in [-0.4, -0.2) is 25.2 Å². The average Bonchev–Trinajstić information content (AvgIpc) is 3.24. The number of hydrogen-bond acceptors (Lipinski definition) is 6. The molecule has 4 aromatic rings. The third kappa shape index (κ3) is 6.04. The molecular weight excluding hydrogens is 538 g/mol. The Labute approximate surface area is 223 Å². The lowest BCUT2D eigenvalue weighted by molar-refractivity contribution is 0.505. The van der Waals surface area contributed by atoms with Crippen molar-refractivity contribution in [3.8, 4) is 17.2 Å². The largest absolute Gasteiger partial charge is 0.251 e.